The predicted molar refractivity (Wildman–Crippen MR) is 171 cm³/mol. The minimum atomic E-state index is -0.546. The molecule has 3 aliphatic rings. The number of hydrogen-bond acceptors (Lipinski definition) is 9. The molecule has 11 heteroatoms. The fraction of sp³-hybridized carbons (Fsp3) is 0.455. The SMILES string of the molecule is COC(=O)/C=C/C(=O)N1CC[C@@H](N(C)c2nc(OC[C@@H]3CCCN3C)nc3c2CCN(c2cccc4cccc(Cl)c24)C3)C1. The summed E-state index contributed by atoms with van der Waals surface area (Å²) in [5.74, 6) is 0.102. The van der Waals surface area contributed by atoms with E-state index >= 15 is 0 Å². The number of ether oxygens (including phenoxy) is 2. The van der Waals surface area contributed by atoms with Crippen molar-refractivity contribution in [3.63, 3.8) is 0 Å². The summed E-state index contributed by atoms with van der Waals surface area (Å²) in [5.41, 5.74) is 3.14. The number of fused-ring (bicyclic) bond motifs is 2. The van der Waals surface area contributed by atoms with Gasteiger partial charge in [-0.15, -0.1) is 0 Å². The minimum absolute atomic E-state index is 0.0631. The lowest BCUT2D eigenvalue weighted by Gasteiger charge is -2.35. The Balaban J connectivity index is 1.28. The highest BCUT2D eigenvalue weighted by Crippen LogP contribution is 2.37. The molecular formula is C33H39ClN6O4. The van der Waals surface area contributed by atoms with E-state index in [1.165, 1.54) is 19.3 Å². The van der Waals surface area contributed by atoms with E-state index in [2.05, 4.69) is 50.7 Å². The van der Waals surface area contributed by atoms with E-state index in [-0.39, 0.29) is 11.9 Å². The van der Waals surface area contributed by atoms with Gasteiger partial charge in [-0.05, 0) is 56.8 Å². The quantitative estimate of drug-likeness (QED) is 0.274. The van der Waals surface area contributed by atoms with E-state index in [0.29, 0.717) is 38.3 Å². The zero-order valence-corrected chi connectivity index (χ0v) is 26.3. The summed E-state index contributed by atoms with van der Waals surface area (Å²) < 4.78 is 10.9. The first kappa shape index (κ1) is 30.1. The van der Waals surface area contributed by atoms with Crippen LogP contribution in [0.5, 0.6) is 6.01 Å². The van der Waals surface area contributed by atoms with Crippen LogP contribution in [0.3, 0.4) is 0 Å². The fourth-order valence-corrected chi connectivity index (χ4v) is 6.87. The van der Waals surface area contributed by atoms with E-state index in [4.69, 9.17) is 26.3 Å². The molecular weight excluding hydrogens is 580 g/mol. The molecule has 2 aromatic carbocycles. The Labute approximate surface area is 263 Å². The molecule has 44 heavy (non-hydrogen) atoms. The van der Waals surface area contributed by atoms with Crippen LogP contribution < -0.4 is 14.5 Å². The molecule has 0 N–H and O–H groups in total. The predicted octanol–water partition coefficient (Wildman–Crippen LogP) is 4.09. The molecule has 0 bridgehead atoms. The lowest BCUT2D eigenvalue weighted by molar-refractivity contribution is -0.135. The van der Waals surface area contributed by atoms with Crippen molar-refractivity contribution in [3.8, 4) is 6.01 Å². The average molecular weight is 619 g/mol. The van der Waals surface area contributed by atoms with Crippen molar-refractivity contribution >= 4 is 45.8 Å². The maximum Gasteiger partial charge on any atom is 0.330 e. The van der Waals surface area contributed by atoms with Crippen molar-refractivity contribution in [2.24, 2.45) is 0 Å². The monoisotopic (exact) mass is 618 g/mol. The van der Waals surface area contributed by atoms with E-state index in [0.717, 1.165) is 77.3 Å². The maximum atomic E-state index is 12.7. The van der Waals surface area contributed by atoms with Gasteiger partial charge in [-0.1, -0.05) is 35.9 Å². The molecule has 2 fully saturated rings. The van der Waals surface area contributed by atoms with Crippen molar-refractivity contribution in [3.05, 3.63) is 64.8 Å². The van der Waals surface area contributed by atoms with Crippen molar-refractivity contribution in [1.29, 1.82) is 0 Å². The number of benzene rings is 2. The molecule has 6 rings (SSSR count). The number of likely N-dealkylation sites (N-methyl/N-ethyl adjacent to an activating group) is 2. The van der Waals surface area contributed by atoms with Crippen molar-refractivity contribution in [1.82, 2.24) is 19.8 Å². The van der Waals surface area contributed by atoms with Crippen LogP contribution >= 0.6 is 11.6 Å². The number of aromatic nitrogens is 2. The Kier molecular flexibility index (Phi) is 8.91. The molecule has 232 valence electrons. The third kappa shape index (κ3) is 6.19. The van der Waals surface area contributed by atoms with Crippen LogP contribution in [-0.4, -0.2) is 97.7 Å². The highest BCUT2D eigenvalue weighted by atomic mass is 35.5. The third-order valence-electron chi connectivity index (χ3n) is 9.19. The smallest absolute Gasteiger partial charge is 0.330 e. The molecule has 0 unspecified atom stereocenters. The average Bonchev–Trinajstić information content (AvgIpc) is 3.70. The van der Waals surface area contributed by atoms with E-state index < -0.39 is 5.97 Å². The molecule has 2 saturated heterocycles. The number of likely N-dealkylation sites (tertiary alicyclic amines) is 2. The number of anilines is 2. The summed E-state index contributed by atoms with van der Waals surface area (Å²) in [4.78, 5) is 42.8. The lowest BCUT2D eigenvalue weighted by atomic mass is 10.0. The van der Waals surface area contributed by atoms with Crippen LogP contribution in [-0.2, 0) is 27.3 Å². The first-order valence-electron chi connectivity index (χ1n) is 15.2. The van der Waals surface area contributed by atoms with E-state index in [1.54, 1.807) is 4.90 Å². The van der Waals surface area contributed by atoms with Crippen molar-refractivity contribution in [2.45, 2.75) is 44.3 Å². The second kappa shape index (κ2) is 13.0. The van der Waals surface area contributed by atoms with Crippen molar-refractivity contribution < 1.29 is 19.1 Å². The number of carbonyl (C=O) groups excluding carboxylic acids is 2. The second-order valence-corrected chi connectivity index (χ2v) is 12.2. The molecule has 0 radical (unpaired) electrons. The maximum absolute atomic E-state index is 12.7. The van der Waals surface area contributed by atoms with Crippen molar-refractivity contribution in [2.75, 3.05) is 63.8 Å². The van der Waals surface area contributed by atoms with Crippen LogP contribution in [0.15, 0.2) is 48.6 Å². The standard InChI is InChI=1S/C33H39ClN6O4/c1-37-16-6-9-24(37)21-44-33-35-27-20-39(28-11-5-8-22-7-4-10-26(34)31(22)28)18-15-25(27)32(36-33)38(2)23-14-17-40(19-23)29(41)12-13-30(42)43-3/h4-5,7-8,10-13,23-24H,6,9,14-21H2,1-3H3/b13-12+/t23-,24+/m1/s1. The van der Waals surface area contributed by atoms with Gasteiger partial charge < -0.3 is 29.1 Å². The second-order valence-electron chi connectivity index (χ2n) is 11.8. The Morgan fingerprint density at radius 1 is 1.09 bits per heavy atom. The van der Waals surface area contributed by atoms with Gasteiger partial charge in [0.15, 0.2) is 0 Å². The number of esters is 1. The van der Waals surface area contributed by atoms with Gasteiger partial charge in [0.25, 0.3) is 0 Å². The number of halogens is 1. The number of hydrogen-bond donors (Lipinski definition) is 0. The first-order valence-corrected chi connectivity index (χ1v) is 15.6. The van der Waals surface area contributed by atoms with E-state index in [9.17, 15) is 9.59 Å². The molecule has 10 nitrogen and oxygen atoms in total. The summed E-state index contributed by atoms with van der Waals surface area (Å²) in [6.45, 7) is 4.14. The van der Waals surface area contributed by atoms with Gasteiger partial charge in [0.05, 0.1) is 24.4 Å². The molecule has 0 saturated carbocycles. The number of methoxy groups -OCH3 is 1. The Hall–Kier alpha value is -3.89. The zero-order chi connectivity index (χ0) is 30.8. The third-order valence-corrected chi connectivity index (χ3v) is 9.51. The largest absolute Gasteiger partial charge is 0.466 e. The number of nitrogens with zero attached hydrogens (tertiary/aromatic N) is 6. The van der Waals surface area contributed by atoms with E-state index in [1.807, 2.05) is 19.2 Å². The summed E-state index contributed by atoms with van der Waals surface area (Å²) in [7, 11) is 5.46. The Morgan fingerprint density at radius 3 is 2.68 bits per heavy atom. The minimum Gasteiger partial charge on any atom is -0.466 e. The van der Waals surface area contributed by atoms with Gasteiger partial charge in [0, 0.05) is 67.6 Å². The van der Waals surface area contributed by atoms with Crippen LogP contribution in [0.1, 0.15) is 30.5 Å². The molecule has 1 aromatic heterocycles. The van der Waals surface area contributed by atoms with Gasteiger partial charge in [-0.25, -0.2) is 4.79 Å². The molecule has 0 spiro atoms. The van der Waals surface area contributed by atoms with Gasteiger partial charge in [0.2, 0.25) is 5.91 Å². The first-order chi connectivity index (χ1) is 21.3. The van der Waals surface area contributed by atoms with Gasteiger partial charge in [-0.3, -0.25) is 4.79 Å². The highest BCUT2D eigenvalue weighted by molar-refractivity contribution is 6.36. The molecule has 4 heterocycles. The number of amides is 1. The molecule has 1 amide bonds. The normalized spacial score (nSPS) is 20.4. The number of carbonyl (C=O) groups is 2. The molecule has 2 atom stereocenters. The van der Waals surface area contributed by atoms with Crippen LogP contribution in [0, 0.1) is 0 Å². The molecule has 0 aliphatic carbocycles. The summed E-state index contributed by atoms with van der Waals surface area (Å²) in [6.07, 6.45) is 6.26. The lowest BCUT2D eigenvalue weighted by Crippen LogP contribution is -2.39. The highest BCUT2D eigenvalue weighted by Gasteiger charge is 2.33. The zero-order valence-electron chi connectivity index (χ0n) is 25.5. The molecule has 3 aliphatic heterocycles. The summed E-state index contributed by atoms with van der Waals surface area (Å²) in [5, 5.41) is 2.89. The Morgan fingerprint density at radius 2 is 1.91 bits per heavy atom. The molecule has 3 aromatic rings. The summed E-state index contributed by atoms with van der Waals surface area (Å²) >= 11 is 6.70. The van der Waals surface area contributed by atoms with Crippen LogP contribution in [0.25, 0.3) is 10.8 Å². The van der Waals surface area contributed by atoms with Gasteiger partial charge in [0.1, 0.15) is 12.4 Å². The number of rotatable bonds is 8. The fourth-order valence-electron chi connectivity index (χ4n) is 6.59. The topological polar surface area (TPSA) is 91.3 Å². The van der Waals surface area contributed by atoms with Gasteiger partial charge in [-0.2, -0.15) is 9.97 Å². The summed E-state index contributed by atoms with van der Waals surface area (Å²) in [6, 6.07) is 13.1. The van der Waals surface area contributed by atoms with Gasteiger partial charge >= 0.3 is 12.0 Å². The van der Waals surface area contributed by atoms with Crippen LogP contribution in [0.4, 0.5) is 11.5 Å². The van der Waals surface area contributed by atoms with Crippen LogP contribution in [0.2, 0.25) is 5.02 Å². The Bertz CT molecular complexity index is 1580.